The zero-order valence-corrected chi connectivity index (χ0v) is 18.6. The molecule has 30 heavy (non-hydrogen) atoms. The summed E-state index contributed by atoms with van der Waals surface area (Å²) in [6, 6.07) is 6.18. The summed E-state index contributed by atoms with van der Waals surface area (Å²) in [5, 5.41) is 6.00. The Hall–Kier alpha value is -2.45. The van der Waals surface area contributed by atoms with Gasteiger partial charge in [0, 0.05) is 24.2 Å². The van der Waals surface area contributed by atoms with Crippen molar-refractivity contribution in [2.45, 2.75) is 32.7 Å². The fraction of sp³-hybridized carbons (Fsp3) is 0.429. The molecule has 0 radical (unpaired) electrons. The Kier molecular flexibility index (Phi) is 9.26. The highest BCUT2D eigenvalue weighted by Crippen LogP contribution is 2.12. The molecule has 0 aliphatic carbocycles. The van der Waals surface area contributed by atoms with Crippen LogP contribution < -0.4 is 10.6 Å². The molecule has 162 valence electrons. The Morgan fingerprint density at radius 1 is 1.37 bits per heavy atom. The molecule has 7 nitrogen and oxygen atoms in total. The standard InChI is InChI=1S/C21H26ClN3O4S/c1-14(2)9-12-29-19(27)13-17-20(28)23-10-11-25(17)21(30)24-18(26)8-5-15-3-6-16(22)7-4-15/h3-8,14,17H,9-13H2,1-2H3,(H,23,28)(H,24,26,30)/b8-5+. The molecule has 1 fully saturated rings. The van der Waals surface area contributed by atoms with Gasteiger partial charge in [0.15, 0.2) is 5.11 Å². The van der Waals surface area contributed by atoms with Crippen LogP contribution in [0.25, 0.3) is 6.08 Å². The molecule has 2 N–H and O–H groups in total. The molecule has 0 saturated carbocycles. The van der Waals surface area contributed by atoms with Crippen molar-refractivity contribution in [1.82, 2.24) is 15.5 Å². The van der Waals surface area contributed by atoms with Crippen molar-refractivity contribution in [3.63, 3.8) is 0 Å². The van der Waals surface area contributed by atoms with E-state index in [1.54, 1.807) is 35.2 Å². The van der Waals surface area contributed by atoms with Crippen molar-refractivity contribution in [2.24, 2.45) is 5.92 Å². The topological polar surface area (TPSA) is 87.7 Å². The minimum atomic E-state index is -0.821. The summed E-state index contributed by atoms with van der Waals surface area (Å²) in [5.74, 6) is -0.815. The lowest BCUT2D eigenvalue weighted by atomic mass is 10.1. The number of amides is 2. The molecule has 9 heteroatoms. The fourth-order valence-corrected chi connectivity index (χ4v) is 3.20. The van der Waals surface area contributed by atoms with Crippen LogP contribution in [0.1, 0.15) is 32.3 Å². The Morgan fingerprint density at radius 3 is 2.73 bits per heavy atom. The van der Waals surface area contributed by atoms with Crippen LogP contribution in [0.3, 0.4) is 0 Å². The second-order valence-corrected chi connectivity index (χ2v) is 8.11. The van der Waals surface area contributed by atoms with E-state index in [-0.39, 0.29) is 17.4 Å². The molecule has 0 aromatic heterocycles. The molecule has 1 aromatic carbocycles. The highest BCUT2D eigenvalue weighted by atomic mass is 35.5. The van der Waals surface area contributed by atoms with Gasteiger partial charge in [0.1, 0.15) is 6.04 Å². The highest BCUT2D eigenvalue weighted by Gasteiger charge is 2.34. The van der Waals surface area contributed by atoms with E-state index in [1.165, 1.54) is 6.08 Å². The largest absolute Gasteiger partial charge is 0.466 e. The molecule has 1 saturated heterocycles. The number of esters is 1. The van der Waals surface area contributed by atoms with E-state index < -0.39 is 17.9 Å². The van der Waals surface area contributed by atoms with Gasteiger partial charge in [0.2, 0.25) is 11.8 Å². The van der Waals surface area contributed by atoms with Gasteiger partial charge >= 0.3 is 5.97 Å². The van der Waals surface area contributed by atoms with Crippen LogP contribution in [0.5, 0.6) is 0 Å². The number of carbonyl (C=O) groups excluding carboxylic acids is 3. The predicted molar refractivity (Wildman–Crippen MR) is 120 cm³/mol. The number of nitrogens with zero attached hydrogens (tertiary/aromatic N) is 1. The molecule has 1 heterocycles. The first-order chi connectivity index (χ1) is 14.3. The first-order valence-corrected chi connectivity index (χ1v) is 10.5. The molecular formula is C21H26ClN3O4S. The second kappa shape index (κ2) is 11.7. The van der Waals surface area contributed by atoms with Crippen LogP contribution in [0.15, 0.2) is 30.3 Å². The van der Waals surface area contributed by atoms with Gasteiger partial charge in [-0.1, -0.05) is 37.6 Å². The highest BCUT2D eigenvalue weighted by molar-refractivity contribution is 7.80. The average molecular weight is 452 g/mol. The first kappa shape index (κ1) is 23.8. The minimum absolute atomic E-state index is 0.0931. The van der Waals surface area contributed by atoms with Crippen LogP contribution in [-0.4, -0.2) is 53.5 Å². The van der Waals surface area contributed by atoms with Crippen molar-refractivity contribution in [1.29, 1.82) is 0 Å². The van der Waals surface area contributed by atoms with Gasteiger partial charge in [-0.15, -0.1) is 0 Å². The van der Waals surface area contributed by atoms with Crippen LogP contribution in [0, 0.1) is 5.92 Å². The molecule has 1 atom stereocenters. The minimum Gasteiger partial charge on any atom is -0.466 e. The summed E-state index contributed by atoms with van der Waals surface area (Å²) < 4.78 is 5.21. The number of nitrogens with one attached hydrogen (secondary N) is 2. The lowest BCUT2D eigenvalue weighted by Gasteiger charge is -2.36. The average Bonchev–Trinajstić information content (AvgIpc) is 2.68. The quantitative estimate of drug-likeness (QED) is 0.376. The van der Waals surface area contributed by atoms with E-state index in [4.69, 9.17) is 28.6 Å². The summed E-state index contributed by atoms with van der Waals surface area (Å²) in [6.07, 6.45) is 3.58. The third-order valence-corrected chi connectivity index (χ3v) is 5.03. The summed E-state index contributed by atoms with van der Waals surface area (Å²) in [6.45, 7) is 5.13. The number of carbonyl (C=O) groups is 3. The van der Waals surface area contributed by atoms with E-state index in [0.29, 0.717) is 30.6 Å². The van der Waals surface area contributed by atoms with Gasteiger partial charge in [-0.2, -0.15) is 0 Å². The number of rotatable bonds is 7. The second-order valence-electron chi connectivity index (χ2n) is 7.29. The molecule has 1 aromatic rings. The maximum Gasteiger partial charge on any atom is 0.308 e. The molecule has 0 spiro atoms. The maximum atomic E-state index is 12.3. The van der Waals surface area contributed by atoms with Crippen LogP contribution in [0.2, 0.25) is 5.02 Å². The van der Waals surface area contributed by atoms with Crippen LogP contribution in [-0.2, 0) is 19.1 Å². The van der Waals surface area contributed by atoms with Crippen LogP contribution in [0.4, 0.5) is 0 Å². The van der Waals surface area contributed by atoms with Gasteiger partial charge in [0.25, 0.3) is 0 Å². The number of hydrogen-bond donors (Lipinski definition) is 2. The molecule has 2 amide bonds. The lowest BCUT2D eigenvalue weighted by molar-refractivity contribution is -0.147. The van der Waals surface area contributed by atoms with E-state index >= 15 is 0 Å². The molecule has 1 aliphatic heterocycles. The van der Waals surface area contributed by atoms with Crippen LogP contribution >= 0.6 is 23.8 Å². The van der Waals surface area contributed by atoms with E-state index in [0.717, 1.165) is 12.0 Å². The normalized spacial score (nSPS) is 16.5. The third kappa shape index (κ3) is 7.76. The monoisotopic (exact) mass is 451 g/mol. The van der Waals surface area contributed by atoms with E-state index in [1.807, 2.05) is 13.8 Å². The Morgan fingerprint density at radius 2 is 2.07 bits per heavy atom. The summed E-state index contributed by atoms with van der Waals surface area (Å²) in [5.41, 5.74) is 0.805. The Bertz CT molecular complexity index is 811. The number of piperazine rings is 1. The van der Waals surface area contributed by atoms with E-state index in [2.05, 4.69) is 10.6 Å². The zero-order valence-electron chi connectivity index (χ0n) is 17.0. The van der Waals surface area contributed by atoms with Crippen molar-refractivity contribution in [3.8, 4) is 0 Å². The summed E-state index contributed by atoms with van der Waals surface area (Å²) >= 11 is 11.2. The molecular weight excluding hydrogens is 426 g/mol. The maximum absolute atomic E-state index is 12.3. The zero-order chi connectivity index (χ0) is 22.1. The number of benzene rings is 1. The van der Waals surface area contributed by atoms with Gasteiger partial charge in [-0.05, 0) is 48.3 Å². The molecule has 1 aliphatic rings. The van der Waals surface area contributed by atoms with Crippen molar-refractivity contribution in [3.05, 3.63) is 40.9 Å². The Labute approximate surface area is 186 Å². The third-order valence-electron chi connectivity index (χ3n) is 4.44. The number of thiocarbonyl (C=S) groups is 1. The predicted octanol–water partition coefficient (Wildman–Crippen LogP) is 2.53. The van der Waals surface area contributed by atoms with Gasteiger partial charge in [-0.3, -0.25) is 19.7 Å². The molecule has 0 bridgehead atoms. The molecule has 1 unspecified atom stereocenters. The van der Waals surface area contributed by atoms with E-state index in [9.17, 15) is 14.4 Å². The number of hydrogen-bond acceptors (Lipinski definition) is 5. The van der Waals surface area contributed by atoms with Gasteiger partial charge in [0.05, 0.1) is 13.0 Å². The fourth-order valence-electron chi connectivity index (χ4n) is 2.75. The number of ether oxygens (including phenoxy) is 1. The van der Waals surface area contributed by atoms with Crippen molar-refractivity contribution in [2.75, 3.05) is 19.7 Å². The summed E-state index contributed by atoms with van der Waals surface area (Å²) in [4.78, 5) is 38.2. The SMILES string of the molecule is CC(C)CCOC(=O)CC1C(=O)NCCN1C(=S)NC(=O)/C=C/c1ccc(Cl)cc1. The van der Waals surface area contributed by atoms with Gasteiger partial charge in [-0.25, -0.2) is 0 Å². The Balaban J connectivity index is 1.93. The molecule has 2 rings (SSSR count). The lowest BCUT2D eigenvalue weighted by Crippen LogP contribution is -2.60. The summed E-state index contributed by atoms with van der Waals surface area (Å²) in [7, 11) is 0. The number of halogens is 1. The van der Waals surface area contributed by atoms with Crippen molar-refractivity contribution >= 4 is 52.8 Å². The van der Waals surface area contributed by atoms with Crippen molar-refractivity contribution < 1.29 is 19.1 Å². The van der Waals surface area contributed by atoms with Gasteiger partial charge < -0.3 is 15.0 Å². The first-order valence-electron chi connectivity index (χ1n) is 9.75. The smallest absolute Gasteiger partial charge is 0.308 e.